The van der Waals surface area contributed by atoms with E-state index in [0.717, 1.165) is 10.6 Å². The maximum absolute atomic E-state index is 13.1. The molecule has 2 aromatic carbocycles. The van der Waals surface area contributed by atoms with Crippen LogP contribution in [0.4, 0.5) is 10.5 Å². The molecule has 1 fully saturated rings. The lowest BCUT2D eigenvalue weighted by Gasteiger charge is -2.26. The van der Waals surface area contributed by atoms with E-state index in [1.807, 2.05) is 42.0 Å². The highest BCUT2D eigenvalue weighted by Crippen LogP contribution is 2.25. The Kier molecular flexibility index (Phi) is 5.76. The second-order valence-electron chi connectivity index (χ2n) is 6.89. The lowest BCUT2D eigenvalue weighted by molar-refractivity contribution is -0.122. The van der Waals surface area contributed by atoms with Crippen LogP contribution >= 0.6 is 0 Å². The van der Waals surface area contributed by atoms with Crippen LogP contribution in [0.25, 0.3) is 11.8 Å². The van der Waals surface area contributed by atoms with Gasteiger partial charge in [0.15, 0.2) is 0 Å². The molecule has 1 aromatic heterocycles. The Hall–Kier alpha value is -4.33. The van der Waals surface area contributed by atoms with Gasteiger partial charge in [0.05, 0.1) is 19.4 Å². The van der Waals surface area contributed by atoms with E-state index in [1.165, 1.54) is 6.08 Å². The first-order valence-corrected chi connectivity index (χ1v) is 9.98. The number of imide groups is 2. The number of nitrogens with zero attached hydrogens (tertiary/aromatic N) is 2. The van der Waals surface area contributed by atoms with E-state index in [-0.39, 0.29) is 5.57 Å². The summed E-state index contributed by atoms with van der Waals surface area (Å²) in [5.41, 5.74) is 1.62. The quantitative estimate of drug-likeness (QED) is 0.476. The number of nitrogens with one attached hydrogen (secondary N) is 1. The average molecular weight is 431 g/mol. The maximum Gasteiger partial charge on any atom is 0.335 e. The van der Waals surface area contributed by atoms with Crippen LogP contribution in [-0.4, -0.2) is 36.1 Å². The molecular formula is C24H21N3O5. The van der Waals surface area contributed by atoms with Gasteiger partial charge in [0, 0.05) is 17.6 Å². The Morgan fingerprint density at radius 3 is 2.22 bits per heavy atom. The second-order valence-corrected chi connectivity index (χ2v) is 6.89. The van der Waals surface area contributed by atoms with Crippen LogP contribution in [0.3, 0.4) is 0 Å². The normalized spacial score (nSPS) is 15.1. The third-order valence-electron chi connectivity index (χ3n) is 4.93. The molecule has 1 aliphatic rings. The lowest BCUT2D eigenvalue weighted by Crippen LogP contribution is -2.54. The fraction of sp³-hybridized carbons (Fsp3) is 0.125. The van der Waals surface area contributed by atoms with E-state index in [4.69, 9.17) is 9.47 Å². The summed E-state index contributed by atoms with van der Waals surface area (Å²) in [6.45, 7) is 2.36. The number of benzene rings is 2. The number of ether oxygens (including phenoxy) is 2. The molecule has 4 rings (SSSR count). The van der Waals surface area contributed by atoms with E-state index < -0.39 is 17.8 Å². The molecule has 1 N–H and O–H groups in total. The van der Waals surface area contributed by atoms with Crippen molar-refractivity contribution in [3.63, 3.8) is 0 Å². The van der Waals surface area contributed by atoms with Gasteiger partial charge >= 0.3 is 6.03 Å². The highest BCUT2D eigenvalue weighted by Gasteiger charge is 2.37. The summed E-state index contributed by atoms with van der Waals surface area (Å²) in [6, 6.07) is 16.6. The smallest absolute Gasteiger partial charge is 0.335 e. The number of carbonyl (C=O) groups is 3. The molecule has 0 aliphatic carbocycles. The van der Waals surface area contributed by atoms with Gasteiger partial charge in [-0.3, -0.25) is 14.9 Å². The molecule has 1 saturated heterocycles. The second kappa shape index (κ2) is 8.81. The average Bonchev–Trinajstić information content (AvgIpc) is 3.26. The van der Waals surface area contributed by atoms with E-state index in [9.17, 15) is 14.4 Å². The molecule has 0 saturated carbocycles. The fourth-order valence-electron chi connectivity index (χ4n) is 3.39. The minimum absolute atomic E-state index is 0.146. The number of hydrogen-bond acceptors (Lipinski definition) is 5. The number of amides is 4. The van der Waals surface area contributed by atoms with Gasteiger partial charge in [0.25, 0.3) is 11.8 Å². The van der Waals surface area contributed by atoms with Crippen molar-refractivity contribution in [2.45, 2.75) is 6.92 Å². The van der Waals surface area contributed by atoms with Crippen LogP contribution in [0.5, 0.6) is 11.5 Å². The summed E-state index contributed by atoms with van der Waals surface area (Å²) in [4.78, 5) is 39.0. The first kappa shape index (κ1) is 20.9. The molecule has 8 heteroatoms. The SMILES string of the molecule is CCOc1ccc(N2C(=O)NC(=O)/C(=C\c3cccn3-c3ccc(OC)cc3)C2=O)cc1. The predicted molar refractivity (Wildman–Crippen MR) is 119 cm³/mol. The lowest BCUT2D eigenvalue weighted by atomic mass is 10.1. The zero-order valence-corrected chi connectivity index (χ0v) is 17.6. The van der Waals surface area contributed by atoms with Crippen molar-refractivity contribution in [2.75, 3.05) is 18.6 Å². The monoisotopic (exact) mass is 431 g/mol. The summed E-state index contributed by atoms with van der Waals surface area (Å²) >= 11 is 0. The molecule has 32 heavy (non-hydrogen) atoms. The molecule has 0 radical (unpaired) electrons. The minimum Gasteiger partial charge on any atom is -0.497 e. The molecule has 0 unspecified atom stereocenters. The van der Waals surface area contributed by atoms with Crippen LogP contribution < -0.4 is 19.7 Å². The van der Waals surface area contributed by atoms with Gasteiger partial charge in [-0.05, 0) is 73.7 Å². The van der Waals surface area contributed by atoms with Crippen molar-refractivity contribution >= 4 is 29.6 Å². The summed E-state index contributed by atoms with van der Waals surface area (Å²) < 4.78 is 12.4. The molecule has 3 aromatic rings. The zero-order valence-electron chi connectivity index (χ0n) is 17.6. The van der Waals surface area contributed by atoms with Gasteiger partial charge in [-0.25, -0.2) is 9.69 Å². The van der Waals surface area contributed by atoms with Gasteiger partial charge in [0.2, 0.25) is 0 Å². The highest BCUT2D eigenvalue weighted by atomic mass is 16.5. The molecule has 0 spiro atoms. The van der Waals surface area contributed by atoms with E-state index >= 15 is 0 Å². The standard InChI is InChI=1S/C24H21N3O5/c1-3-32-20-12-8-17(9-13-20)27-23(29)21(22(28)25-24(27)30)15-18-5-4-14-26(18)16-6-10-19(31-2)11-7-16/h4-15H,3H2,1-2H3,(H,25,28,30)/b21-15+. The molecule has 0 atom stereocenters. The topological polar surface area (TPSA) is 89.9 Å². The Morgan fingerprint density at radius 2 is 1.56 bits per heavy atom. The zero-order chi connectivity index (χ0) is 22.7. The third-order valence-corrected chi connectivity index (χ3v) is 4.93. The number of methoxy groups -OCH3 is 1. The summed E-state index contributed by atoms with van der Waals surface area (Å²) in [6.07, 6.45) is 3.28. The molecule has 162 valence electrons. The Labute approximate surface area is 184 Å². The summed E-state index contributed by atoms with van der Waals surface area (Å²) in [5, 5.41) is 2.24. The first-order valence-electron chi connectivity index (χ1n) is 9.98. The van der Waals surface area contributed by atoms with Crippen LogP contribution in [-0.2, 0) is 9.59 Å². The Balaban J connectivity index is 1.67. The van der Waals surface area contributed by atoms with Gasteiger partial charge in [-0.1, -0.05) is 0 Å². The van der Waals surface area contributed by atoms with Gasteiger partial charge in [0.1, 0.15) is 17.1 Å². The molecule has 1 aliphatic heterocycles. The van der Waals surface area contributed by atoms with Crippen molar-refractivity contribution in [1.29, 1.82) is 0 Å². The molecule has 8 nitrogen and oxygen atoms in total. The number of barbiturate groups is 1. The van der Waals surface area contributed by atoms with Crippen molar-refractivity contribution in [1.82, 2.24) is 9.88 Å². The Morgan fingerprint density at radius 1 is 0.906 bits per heavy atom. The number of carbonyl (C=O) groups excluding carboxylic acids is 3. The van der Waals surface area contributed by atoms with Crippen LogP contribution in [0.15, 0.2) is 72.4 Å². The number of rotatable bonds is 6. The number of aromatic nitrogens is 1. The van der Waals surface area contributed by atoms with Crippen LogP contribution in [0.2, 0.25) is 0 Å². The first-order chi connectivity index (χ1) is 15.5. The number of anilines is 1. The maximum atomic E-state index is 13.1. The summed E-state index contributed by atoms with van der Waals surface area (Å²) in [7, 11) is 1.59. The number of hydrogen-bond donors (Lipinski definition) is 1. The summed E-state index contributed by atoms with van der Waals surface area (Å²) in [5.74, 6) is -0.118. The minimum atomic E-state index is -0.799. The van der Waals surface area contributed by atoms with Crippen molar-refractivity contribution in [2.24, 2.45) is 0 Å². The van der Waals surface area contributed by atoms with Crippen molar-refractivity contribution < 1.29 is 23.9 Å². The molecular weight excluding hydrogens is 410 g/mol. The molecule has 4 amide bonds. The van der Waals surface area contributed by atoms with Gasteiger partial charge < -0.3 is 14.0 Å². The van der Waals surface area contributed by atoms with Crippen molar-refractivity contribution in [3.8, 4) is 17.2 Å². The van der Waals surface area contributed by atoms with E-state index in [0.29, 0.717) is 29.5 Å². The highest BCUT2D eigenvalue weighted by molar-refractivity contribution is 6.39. The number of urea groups is 1. The largest absolute Gasteiger partial charge is 0.497 e. The molecule has 2 heterocycles. The fourth-order valence-corrected chi connectivity index (χ4v) is 3.39. The predicted octanol–water partition coefficient (Wildman–Crippen LogP) is 3.55. The van der Waals surface area contributed by atoms with E-state index in [2.05, 4.69) is 5.32 Å². The van der Waals surface area contributed by atoms with E-state index in [1.54, 1.807) is 43.5 Å². The van der Waals surface area contributed by atoms with Gasteiger partial charge in [-0.2, -0.15) is 0 Å². The molecule has 0 bridgehead atoms. The van der Waals surface area contributed by atoms with Crippen molar-refractivity contribution in [3.05, 3.63) is 78.1 Å². The van der Waals surface area contributed by atoms with Gasteiger partial charge in [-0.15, -0.1) is 0 Å². The Bertz CT molecular complexity index is 1190. The third kappa shape index (κ3) is 3.98. The van der Waals surface area contributed by atoms with Crippen LogP contribution in [0, 0.1) is 0 Å². The van der Waals surface area contributed by atoms with Crippen LogP contribution in [0.1, 0.15) is 12.6 Å².